The Bertz CT molecular complexity index is 454. The molecular formula is C10H14FNO2S. The number of halogens is 1. The summed E-state index contributed by atoms with van der Waals surface area (Å²) in [5.74, 6) is -0.840. The molecule has 0 spiro atoms. The second-order valence-corrected chi connectivity index (χ2v) is 5.63. The van der Waals surface area contributed by atoms with Gasteiger partial charge in [-0.2, -0.15) is 0 Å². The molecule has 1 aromatic carbocycles. The molecular weight excluding hydrogens is 217 g/mol. The Morgan fingerprint density at radius 1 is 1.47 bits per heavy atom. The van der Waals surface area contributed by atoms with Crippen molar-refractivity contribution in [2.75, 3.05) is 5.75 Å². The molecule has 0 radical (unpaired) electrons. The second kappa shape index (κ2) is 4.28. The van der Waals surface area contributed by atoms with Crippen LogP contribution < -0.4 is 5.73 Å². The first kappa shape index (κ1) is 12.1. The Labute approximate surface area is 89.0 Å². The molecule has 0 saturated heterocycles. The van der Waals surface area contributed by atoms with Gasteiger partial charge in [0.2, 0.25) is 0 Å². The monoisotopic (exact) mass is 231 g/mol. The summed E-state index contributed by atoms with van der Waals surface area (Å²) in [7, 11) is -3.49. The molecule has 5 heteroatoms. The topological polar surface area (TPSA) is 60.2 Å². The van der Waals surface area contributed by atoms with E-state index in [9.17, 15) is 12.8 Å². The Hall–Kier alpha value is -0.940. The van der Waals surface area contributed by atoms with E-state index in [1.807, 2.05) is 0 Å². The van der Waals surface area contributed by atoms with Gasteiger partial charge in [0.05, 0.1) is 5.75 Å². The van der Waals surface area contributed by atoms with Crippen molar-refractivity contribution in [2.24, 2.45) is 5.73 Å². The van der Waals surface area contributed by atoms with Gasteiger partial charge in [0.25, 0.3) is 0 Å². The van der Waals surface area contributed by atoms with Crippen molar-refractivity contribution in [3.05, 3.63) is 29.6 Å². The van der Waals surface area contributed by atoms with Crippen molar-refractivity contribution in [1.82, 2.24) is 0 Å². The standard InChI is InChI=1S/C10H14FNO2S/c1-3-15(13,14)10-5-4-8(7(2)12)6-9(10)11/h4-7H,3,12H2,1-2H3. The van der Waals surface area contributed by atoms with E-state index in [1.54, 1.807) is 6.92 Å². The van der Waals surface area contributed by atoms with E-state index in [4.69, 9.17) is 5.73 Å². The summed E-state index contributed by atoms with van der Waals surface area (Å²) >= 11 is 0. The van der Waals surface area contributed by atoms with Crippen LogP contribution in [0.5, 0.6) is 0 Å². The molecule has 3 nitrogen and oxygen atoms in total. The van der Waals surface area contributed by atoms with Gasteiger partial charge in [-0.15, -0.1) is 0 Å². The van der Waals surface area contributed by atoms with Crippen LogP contribution in [-0.4, -0.2) is 14.2 Å². The molecule has 0 aliphatic rings. The maximum absolute atomic E-state index is 13.5. The second-order valence-electron chi connectivity index (χ2n) is 3.38. The lowest BCUT2D eigenvalue weighted by Crippen LogP contribution is -2.09. The molecule has 0 aromatic heterocycles. The number of sulfone groups is 1. The highest BCUT2D eigenvalue weighted by Crippen LogP contribution is 2.19. The zero-order valence-electron chi connectivity index (χ0n) is 8.70. The summed E-state index contributed by atoms with van der Waals surface area (Å²) in [6, 6.07) is 3.67. The van der Waals surface area contributed by atoms with Gasteiger partial charge in [-0.25, -0.2) is 12.8 Å². The number of rotatable bonds is 3. The summed E-state index contributed by atoms with van der Waals surface area (Å²) in [6.45, 7) is 3.19. The Morgan fingerprint density at radius 2 is 2.07 bits per heavy atom. The summed E-state index contributed by atoms with van der Waals surface area (Å²) < 4.78 is 36.3. The van der Waals surface area contributed by atoms with Gasteiger partial charge in [-0.1, -0.05) is 13.0 Å². The molecule has 0 aliphatic heterocycles. The van der Waals surface area contributed by atoms with E-state index in [-0.39, 0.29) is 16.7 Å². The van der Waals surface area contributed by atoms with Gasteiger partial charge >= 0.3 is 0 Å². The quantitative estimate of drug-likeness (QED) is 0.860. The Morgan fingerprint density at radius 3 is 2.47 bits per heavy atom. The Balaban J connectivity index is 3.26. The van der Waals surface area contributed by atoms with Crippen molar-refractivity contribution >= 4 is 9.84 Å². The molecule has 84 valence electrons. The average molecular weight is 231 g/mol. The van der Waals surface area contributed by atoms with E-state index >= 15 is 0 Å². The molecule has 1 atom stereocenters. The average Bonchev–Trinajstić information content (AvgIpc) is 2.17. The van der Waals surface area contributed by atoms with Crippen LogP contribution in [0.25, 0.3) is 0 Å². The lowest BCUT2D eigenvalue weighted by Gasteiger charge is -2.08. The van der Waals surface area contributed by atoms with Gasteiger partial charge in [-0.05, 0) is 24.6 Å². The predicted octanol–water partition coefficient (Wildman–Crippen LogP) is 1.64. The number of nitrogens with two attached hydrogens (primary N) is 1. The van der Waals surface area contributed by atoms with Crippen molar-refractivity contribution < 1.29 is 12.8 Å². The van der Waals surface area contributed by atoms with Crippen LogP contribution in [-0.2, 0) is 9.84 Å². The molecule has 1 unspecified atom stereocenters. The molecule has 15 heavy (non-hydrogen) atoms. The lowest BCUT2D eigenvalue weighted by atomic mass is 10.1. The van der Waals surface area contributed by atoms with Crippen molar-refractivity contribution in [2.45, 2.75) is 24.8 Å². The third kappa shape index (κ3) is 2.54. The van der Waals surface area contributed by atoms with Gasteiger partial charge < -0.3 is 5.73 Å². The van der Waals surface area contributed by atoms with Crippen LogP contribution in [0.2, 0.25) is 0 Å². The lowest BCUT2D eigenvalue weighted by molar-refractivity contribution is 0.565. The fourth-order valence-electron chi connectivity index (χ4n) is 1.21. The normalized spacial score (nSPS) is 13.9. The summed E-state index contributed by atoms with van der Waals surface area (Å²) in [4.78, 5) is -0.255. The smallest absolute Gasteiger partial charge is 0.180 e. The van der Waals surface area contributed by atoms with Gasteiger partial charge in [-0.3, -0.25) is 0 Å². The van der Waals surface area contributed by atoms with Gasteiger partial charge in [0.1, 0.15) is 10.7 Å². The van der Waals surface area contributed by atoms with E-state index in [0.717, 1.165) is 0 Å². The molecule has 1 rings (SSSR count). The predicted molar refractivity (Wildman–Crippen MR) is 56.7 cm³/mol. The fraction of sp³-hybridized carbons (Fsp3) is 0.400. The molecule has 0 fully saturated rings. The number of hydrogen-bond acceptors (Lipinski definition) is 3. The largest absolute Gasteiger partial charge is 0.324 e. The summed E-state index contributed by atoms with van der Waals surface area (Å²) in [6.07, 6.45) is 0. The maximum Gasteiger partial charge on any atom is 0.180 e. The molecule has 0 aliphatic carbocycles. The minimum atomic E-state index is -3.49. The SMILES string of the molecule is CCS(=O)(=O)c1ccc(C(C)N)cc1F. The van der Waals surface area contributed by atoms with E-state index in [2.05, 4.69) is 0 Å². The van der Waals surface area contributed by atoms with E-state index in [1.165, 1.54) is 25.1 Å². The van der Waals surface area contributed by atoms with Crippen LogP contribution in [0, 0.1) is 5.82 Å². The summed E-state index contributed by atoms with van der Waals surface area (Å²) in [5, 5.41) is 0. The highest BCUT2D eigenvalue weighted by molar-refractivity contribution is 7.91. The highest BCUT2D eigenvalue weighted by Gasteiger charge is 2.17. The zero-order valence-corrected chi connectivity index (χ0v) is 9.51. The van der Waals surface area contributed by atoms with Gasteiger partial charge in [0.15, 0.2) is 9.84 Å². The Kier molecular flexibility index (Phi) is 3.46. The van der Waals surface area contributed by atoms with Crippen LogP contribution in [0.15, 0.2) is 23.1 Å². The maximum atomic E-state index is 13.5. The molecule has 0 amide bonds. The molecule has 0 heterocycles. The third-order valence-corrected chi connectivity index (χ3v) is 3.96. The highest BCUT2D eigenvalue weighted by atomic mass is 32.2. The first-order valence-corrected chi connectivity index (χ1v) is 6.31. The number of benzene rings is 1. The van der Waals surface area contributed by atoms with Crippen LogP contribution in [0.1, 0.15) is 25.5 Å². The van der Waals surface area contributed by atoms with Crippen LogP contribution in [0.4, 0.5) is 4.39 Å². The van der Waals surface area contributed by atoms with E-state index in [0.29, 0.717) is 5.56 Å². The molecule has 0 saturated carbocycles. The van der Waals surface area contributed by atoms with Crippen LogP contribution >= 0.6 is 0 Å². The van der Waals surface area contributed by atoms with Crippen molar-refractivity contribution in [3.8, 4) is 0 Å². The molecule has 2 N–H and O–H groups in total. The minimum absolute atomic E-state index is 0.110. The fourth-order valence-corrected chi connectivity index (χ4v) is 2.15. The van der Waals surface area contributed by atoms with Crippen molar-refractivity contribution in [3.63, 3.8) is 0 Å². The first-order valence-electron chi connectivity index (χ1n) is 4.66. The van der Waals surface area contributed by atoms with Crippen molar-refractivity contribution in [1.29, 1.82) is 0 Å². The molecule has 0 bridgehead atoms. The number of hydrogen-bond donors (Lipinski definition) is 1. The zero-order chi connectivity index (χ0) is 11.6. The third-order valence-electron chi connectivity index (χ3n) is 2.20. The minimum Gasteiger partial charge on any atom is -0.324 e. The first-order chi connectivity index (χ1) is 6.88. The summed E-state index contributed by atoms with van der Waals surface area (Å²) in [5.41, 5.74) is 6.14. The van der Waals surface area contributed by atoms with Gasteiger partial charge in [0, 0.05) is 6.04 Å². The van der Waals surface area contributed by atoms with Crippen LogP contribution in [0.3, 0.4) is 0 Å². The van der Waals surface area contributed by atoms with E-state index < -0.39 is 15.7 Å². The molecule has 1 aromatic rings.